The van der Waals surface area contributed by atoms with Crippen molar-refractivity contribution in [1.29, 1.82) is 0 Å². The second kappa shape index (κ2) is 7.31. The Balaban J connectivity index is 1.50. The van der Waals surface area contributed by atoms with Crippen molar-refractivity contribution in [2.24, 2.45) is 0 Å². The summed E-state index contributed by atoms with van der Waals surface area (Å²) in [6, 6.07) is 12.2. The van der Waals surface area contributed by atoms with Gasteiger partial charge in [0.2, 0.25) is 11.8 Å². The summed E-state index contributed by atoms with van der Waals surface area (Å²) in [6.45, 7) is 4.48. The predicted octanol–water partition coefficient (Wildman–Crippen LogP) is 3.56. The zero-order valence-corrected chi connectivity index (χ0v) is 15.3. The number of H-pyrrole nitrogens is 1. The minimum Gasteiger partial charge on any atom is -0.356 e. The Bertz CT molecular complexity index is 1090. The van der Waals surface area contributed by atoms with Gasteiger partial charge in [-0.05, 0) is 29.8 Å². The molecule has 0 spiro atoms. The van der Waals surface area contributed by atoms with Gasteiger partial charge in [0.15, 0.2) is 0 Å². The highest BCUT2D eigenvalue weighted by Gasteiger charge is 2.24. The van der Waals surface area contributed by atoms with E-state index in [4.69, 9.17) is 0 Å². The molecule has 2 N–H and O–H groups in total. The van der Waals surface area contributed by atoms with Gasteiger partial charge >= 0.3 is 0 Å². The van der Waals surface area contributed by atoms with Crippen LogP contribution in [0.1, 0.15) is 16.8 Å². The maximum Gasteiger partial charge on any atom is 0.247 e. The predicted molar refractivity (Wildman–Crippen MR) is 106 cm³/mol. The summed E-state index contributed by atoms with van der Waals surface area (Å²) in [5.41, 5.74) is 3.94. The Morgan fingerprint density at radius 3 is 2.89 bits per heavy atom. The van der Waals surface area contributed by atoms with E-state index in [1.165, 1.54) is 12.1 Å². The number of carbonyl (C=O) groups excluding carboxylic acids is 2. The number of carbonyl (C=O) groups is 2. The van der Waals surface area contributed by atoms with Crippen LogP contribution in [-0.2, 0) is 29.0 Å². The molecule has 0 saturated heterocycles. The molecule has 0 atom stereocenters. The normalized spacial score (nSPS) is 13.2. The lowest BCUT2D eigenvalue weighted by Crippen LogP contribution is -2.36. The van der Waals surface area contributed by atoms with Gasteiger partial charge in [-0.1, -0.05) is 30.8 Å². The number of aromatic amines is 1. The number of rotatable bonds is 4. The molecule has 0 aliphatic carbocycles. The minimum atomic E-state index is -0.293. The molecule has 1 aliphatic heterocycles. The van der Waals surface area contributed by atoms with E-state index in [2.05, 4.69) is 16.9 Å². The van der Waals surface area contributed by atoms with E-state index in [0.717, 1.165) is 22.2 Å². The quantitative estimate of drug-likeness (QED) is 0.683. The molecule has 2 aromatic carbocycles. The van der Waals surface area contributed by atoms with Crippen molar-refractivity contribution in [2.75, 3.05) is 11.9 Å². The summed E-state index contributed by atoms with van der Waals surface area (Å²) in [6.07, 6.45) is 2.11. The lowest BCUT2D eigenvalue weighted by atomic mass is 10.0. The number of hydrogen-bond donors (Lipinski definition) is 2. The highest BCUT2D eigenvalue weighted by Crippen LogP contribution is 2.29. The molecule has 1 aromatic heterocycles. The standard InChI is InChI=1S/C22H20FN3O2/c1-2-20(27)24-15-6-3-5-14(11-15)12-21(28)26-10-9-19-17(13-26)16-7-4-8-18(23)22(16)25-19/h2-8,11,25H,1,9-10,12-13H2,(H,24,27). The van der Waals surface area contributed by atoms with Crippen LogP contribution in [0.5, 0.6) is 0 Å². The average Bonchev–Trinajstić information content (AvgIpc) is 3.07. The molecular weight excluding hydrogens is 357 g/mol. The van der Waals surface area contributed by atoms with Crippen LogP contribution in [0.3, 0.4) is 0 Å². The van der Waals surface area contributed by atoms with Crippen molar-refractivity contribution in [2.45, 2.75) is 19.4 Å². The van der Waals surface area contributed by atoms with Gasteiger partial charge in [0.05, 0.1) is 11.9 Å². The second-order valence-corrected chi connectivity index (χ2v) is 6.88. The first-order valence-electron chi connectivity index (χ1n) is 9.13. The maximum absolute atomic E-state index is 14.0. The van der Waals surface area contributed by atoms with E-state index < -0.39 is 0 Å². The van der Waals surface area contributed by atoms with Gasteiger partial charge in [-0.2, -0.15) is 0 Å². The Labute approximate surface area is 161 Å². The van der Waals surface area contributed by atoms with Crippen molar-refractivity contribution < 1.29 is 14.0 Å². The third kappa shape index (κ3) is 3.41. The van der Waals surface area contributed by atoms with Crippen LogP contribution in [-0.4, -0.2) is 28.2 Å². The van der Waals surface area contributed by atoms with Crippen LogP contribution in [0, 0.1) is 5.82 Å². The molecule has 28 heavy (non-hydrogen) atoms. The summed E-state index contributed by atoms with van der Waals surface area (Å²) >= 11 is 0. The van der Waals surface area contributed by atoms with E-state index in [1.807, 2.05) is 12.1 Å². The molecule has 2 heterocycles. The van der Waals surface area contributed by atoms with E-state index in [9.17, 15) is 14.0 Å². The summed E-state index contributed by atoms with van der Waals surface area (Å²) in [7, 11) is 0. The van der Waals surface area contributed by atoms with E-state index in [0.29, 0.717) is 30.7 Å². The SMILES string of the molecule is C=CC(=O)Nc1cccc(CC(=O)N2CCc3[nH]c4c(F)cccc4c3C2)c1. The first-order chi connectivity index (χ1) is 13.5. The molecule has 5 nitrogen and oxygen atoms in total. The molecular formula is C22H20FN3O2. The van der Waals surface area contributed by atoms with Gasteiger partial charge < -0.3 is 15.2 Å². The Kier molecular flexibility index (Phi) is 4.69. The van der Waals surface area contributed by atoms with Crippen molar-refractivity contribution in [3.8, 4) is 0 Å². The number of benzene rings is 2. The third-order valence-electron chi connectivity index (χ3n) is 5.05. The molecule has 0 bridgehead atoms. The Morgan fingerprint density at radius 1 is 1.25 bits per heavy atom. The van der Waals surface area contributed by atoms with Gasteiger partial charge in [-0.15, -0.1) is 0 Å². The number of para-hydroxylation sites is 1. The van der Waals surface area contributed by atoms with Crippen LogP contribution in [0.25, 0.3) is 10.9 Å². The fraction of sp³-hybridized carbons (Fsp3) is 0.182. The minimum absolute atomic E-state index is 0.00333. The van der Waals surface area contributed by atoms with Crippen molar-refractivity contribution in [3.63, 3.8) is 0 Å². The highest BCUT2D eigenvalue weighted by atomic mass is 19.1. The summed E-state index contributed by atoms with van der Waals surface area (Å²) in [5.74, 6) is -0.564. The lowest BCUT2D eigenvalue weighted by molar-refractivity contribution is -0.131. The van der Waals surface area contributed by atoms with Crippen LogP contribution >= 0.6 is 0 Å². The molecule has 0 radical (unpaired) electrons. The average molecular weight is 377 g/mol. The monoisotopic (exact) mass is 377 g/mol. The zero-order chi connectivity index (χ0) is 19.7. The largest absolute Gasteiger partial charge is 0.356 e. The molecule has 6 heteroatoms. The molecule has 0 unspecified atom stereocenters. The number of halogens is 1. The van der Waals surface area contributed by atoms with Crippen molar-refractivity contribution in [3.05, 3.63) is 77.8 Å². The first-order valence-corrected chi connectivity index (χ1v) is 9.13. The summed E-state index contributed by atoms with van der Waals surface area (Å²) < 4.78 is 14.0. The number of nitrogens with one attached hydrogen (secondary N) is 2. The van der Waals surface area contributed by atoms with Crippen molar-refractivity contribution >= 4 is 28.4 Å². The molecule has 0 saturated carbocycles. The number of fused-ring (bicyclic) bond motifs is 3. The third-order valence-corrected chi connectivity index (χ3v) is 5.05. The molecule has 1 aliphatic rings. The number of hydrogen-bond acceptors (Lipinski definition) is 2. The summed E-state index contributed by atoms with van der Waals surface area (Å²) in [5, 5.41) is 3.53. The topological polar surface area (TPSA) is 65.2 Å². The van der Waals surface area contributed by atoms with Crippen LogP contribution in [0.4, 0.5) is 10.1 Å². The molecule has 2 amide bonds. The Hall–Kier alpha value is -3.41. The van der Waals surface area contributed by atoms with E-state index in [-0.39, 0.29) is 24.1 Å². The lowest BCUT2D eigenvalue weighted by Gasteiger charge is -2.27. The Morgan fingerprint density at radius 2 is 2.07 bits per heavy atom. The molecule has 3 aromatic rings. The van der Waals surface area contributed by atoms with Crippen LogP contribution in [0.2, 0.25) is 0 Å². The molecule has 4 rings (SSSR count). The van der Waals surface area contributed by atoms with Gasteiger partial charge in [0, 0.05) is 41.8 Å². The number of amides is 2. The molecule has 0 fully saturated rings. The zero-order valence-electron chi connectivity index (χ0n) is 15.3. The first kappa shape index (κ1) is 18.0. The summed E-state index contributed by atoms with van der Waals surface area (Å²) in [4.78, 5) is 29.2. The van der Waals surface area contributed by atoms with Crippen LogP contribution in [0.15, 0.2) is 55.1 Å². The molecule has 142 valence electrons. The maximum atomic E-state index is 14.0. The second-order valence-electron chi connectivity index (χ2n) is 6.88. The van der Waals surface area contributed by atoms with E-state index >= 15 is 0 Å². The van der Waals surface area contributed by atoms with Gasteiger partial charge in [0.25, 0.3) is 0 Å². The van der Waals surface area contributed by atoms with E-state index in [1.54, 1.807) is 29.2 Å². The number of aromatic nitrogens is 1. The number of nitrogens with zero attached hydrogens (tertiary/aromatic N) is 1. The van der Waals surface area contributed by atoms with Crippen LogP contribution < -0.4 is 5.32 Å². The fourth-order valence-electron chi connectivity index (χ4n) is 3.65. The van der Waals surface area contributed by atoms with Gasteiger partial charge in [-0.25, -0.2) is 4.39 Å². The van der Waals surface area contributed by atoms with Gasteiger partial charge in [0.1, 0.15) is 5.82 Å². The highest BCUT2D eigenvalue weighted by molar-refractivity contribution is 5.99. The fourth-order valence-corrected chi connectivity index (χ4v) is 3.65. The van der Waals surface area contributed by atoms with Gasteiger partial charge in [-0.3, -0.25) is 9.59 Å². The smallest absolute Gasteiger partial charge is 0.247 e. The number of anilines is 1. The van der Waals surface area contributed by atoms with Crippen molar-refractivity contribution in [1.82, 2.24) is 9.88 Å².